The lowest BCUT2D eigenvalue weighted by atomic mass is 10.1. The largest absolute Gasteiger partial charge is 0.376 e. The van der Waals surface area contributed by atoms with Gasteiger partial charge in [-0.1, -0.05) is 36.4 Å². The van der Waals surface area contributed by atoms with Crippen LogP contribution in [0.3, 0.4) is 0 Å². The van der Waals surface area contributed by atoms with Gasteiger partial charge in [0.2, 0.25) is 0 Å². The summed E-state index contributed by atoms with van der Waals surface area (Å²) in [5, 5.41) is 12.2. The first-order valence-corrected chi connectivity index (χ1v) is 11.1. The van der Waals surface area contributed by atoms with Gasteiger partial charge in [0, 0.05) is 18.8 Å². The summed E-state index contributed by atoms with van der Waals surface area (Å²) >= 11 is 0. The molecule has 4 rings (SSSR count). The minimum Gasteiger partial charge on any atom is -0.376 e. The van der Waals surface area contributed by atoms with Crippen molar-refractivity contribution >= 4 is 23.6 Å². The molecular formula is C25H30N6O. The second-order valence-electron chi connectivity index (χ2n) is 8.08. The molecule has 1 aromatic heterocycles. The smallest absolute Gasteiger partial charge is 0.259 e. The number of rotatable bonds is 7. The maximum absolute atomic E-state index is 12.3. The number of para-hydroxylation sites is 2. The van der Waals surface area contributed by atoms with Gasteiger partial charge in [0.25, 0.3) is 5.91 Å². The molecule has 0 radical (unpaired) electrons. The number of nitrogens with zero attached hydrogens (tertiary/aromatic N) is 4. The number of piperidine rings is 1. The number of benzene rings is 2. The summed E-state index contributed by atoms with van der Waals surface area (Å²) in [5.41, 5.74) is 7.51. The lowest BCUT2D eigenvalue weighted by Crippen LogP contribution is -2.32. The molecule has 0 bridgehead atoms. The average Bonchev–Trinajstić information content (AvgIpc) is 3.16. The van der Waals surface area contributed by atoms with E-state index in [2.05, 4.69) is 32.9 Å². The van der Waals surface area contributed by atoms with Gasteiger partial charge in [0.05, 0.1) is 29.7 Å². The zero-order chi connectivity index (χ0) is 22.3. The lowest BCUT2D eigenvalue weighted by Gasteiger charge is -2.29. The number of hydrogen-bond donors (Lipinski definition) is 2. The van der Waals surface area contributed by atoms with Crippen LogP contribution in [0.2, 0.25) is 0 Å². The van der Waals surface area contributed by atoms with E-state index in [1.165, 1.54) is 6.42 Å². The molecule has 1 fully saturated rings. The first-order chi connectivity index (χ1) is 15.6. The minimum absolute atomic E-state index is 0.156. The van der Waals surface area contributed by atoms with Crippen molar-refractivity contribution in [3.63, 3.8) is 0 Å². The second kappa shape index (κ2) is 10.1. The molecule has 0 atom stereocenters. The van der Waals surface area contributed by atoms with Gasteiger partial charge in [-0.15, -0.1) is 0 Å². The highest BCUT2D eigenvalue weighted by atomic mass is 16.2. The first-order valence-electron chi connectivity index (χ1n) is 11.1. The van der Waals surface area contributed by atoms with Gasteiger partial charge < -0.3 is 10.2 Å². The molecule has 166 valence electrons. The van der Waals surface area contributed by atoms with E-state index >= 15 is 0 Å². The summed E-state index contributed by atoms with van der Waals surface area (Å²) < 4.78 is 1.99. The predicted molar refractivity (Wildman–Crippen MR) is 130 cm³/mol. The summed E-state index contributed by atoms with van der Waals surface area (Å²) in [5.74, 6) is 0.835. The summed E-state index contributed by atoms with van der Waals surface area (Å²) in [4.78, 5) is 14.7. The molecule has 3 aromatic rings. The van der Waals surface area contributed by atoms with Crippen LogP contribution in [-0.4, -0.2) is 41.5 Å². The average molecular weight is 431 g/mol. The van der Waals surface area contributed by atoms with Crippen molar-refractivity contribution in [2.24, 2.45) is 5.10 Å². The number of anilines is 2. The fourth-order valence-electron chi connectivity index (χ4n) is 3.99. The van der Waals surface area contributed by atoms with Gasteiger partial charge in [0.1, 0.15) is 5.82 Å². The molecular weight excluding hydrogens is 400 g/mol. The lowest BCUT2D eigenvalue weighted by molar-refractivity contribution is -0.119. The molecule has 1 amide bonds. The van der Waals surface area contributed by atoms with E-state index < -0.39 is 0 Å². The normalized spacial score (nSPS) is 14.0. The Kier molecular flexibility index (Phi) is 6.84. The zero-order valence-electron chi connectivity index (χ0n) is 18.7. The Morgan fingerprint density at radius 3 is 2.50 bits per heavy atom. The number of nitrogens with one attached hydrogen (secondary N) is 2. The Hall–Kier alpha value is -3.61. The molecule has 7 nitrogen and oxygen atoms in total. The van der Waals surface area contributed by atoms with Gasteiger partial charge >= 0.3 is 0 Å². The molecule has 7 heteroatoms. The fraction of sp³-hybridized carbons (Fsp3) is 0.320. The van der Waals surface area contributed by atoms with E-state index in [1.54, 1.807) is 6.21 Å². The summed E-state index contributed by atoms with van der Waals surface area (Å²) in [6, 6.07) is 18.0. The third-order valence-corrected chi connectivity index (χ3v) is 5.71. The van der Waals surface area contributed by atoms with E-state index in [-0.39, 0.29) is 12.5 Å². The van der Waals surface area contributed by atoms with Crippen molar-refractivity contribution in [1.29, 1.82) is 0 Å². The Balaban J connectivity index is 1.51. The molecule has 32 heavy (non-hydrogen) atoms. The topological polar surface area (TPSA) is 74.5 Å². The van der Waals surface area contributed by atoms with Crippen LogP contribution in [0.1, 0.15) is 36.1 Å². The Morgan fingerprint density at radius 2 is 1.75 bits per heavy atom. The molecule has 1 aliphatic rings. The van der Waals surface area contributed by atoms with E-state index in [1.807, 2.05) is 61.0 Å². The van der Waals surface area contributed by atoms with Crippen LogP contribution >= 0.6 is 0 Å². The number of carbonyl (C=O) groups is 1. The quantitative estimate of drug-likeness (QED) is 0.438. The zero-order valence-corrected chi connectivity index (χ0v) is 18.7. The molecule has 1 aliphatic heterocycles. The molecule has 0 aliphatic carbocycles. The van der Waals surface area contributed by atoms with E-state index in [0.29, 0.717) is 0 Å². The van der Waals surface area contributed by atoms with E-state index in [0.717, 1.165) is 59.9 Å². The molecule has 0 spiro atoms. The van der Waals surface area contributed by atoms with Crippen LogP contribution in [0.25, 0.3) is 5.69 Å². The summed E-state index contributed by atoms with van der Waals surface area (Å²) in [6.07, 6.45) is 5.30. The molecule has 2 N–H and O–H groups in total. The van der Waals surface area contributed by atoms with Crippen molar-refractivity contribution in [2.75, 3.05) is 29.9 Å². The van der Waals surface area contributed by atoms with Gasteiger partial charge in [0.15, 0.2) is 0 Å². The number of carbonyl (C=O) groups excluding carboxylic acids is 1. The Bertz CT molecular complexity index is 1080. The molecule has 1 saturated heterocycles. The van der Waals surface area contributed by atoms with Crippen LogP contribution in [-0.2, 0) is 4.79 Å². The third-order valence-electron chi connectivity index (χ3n) is 5.71. The van der Waals surface area contributed by atoms with Gasteiger partial charge in [-0.25, -0.2) is 10.1 Å². The predicted octanol–water partition coefficient (Wildman–Crippen LogP) is 4.04. The van der Waals surface area contributed by atoms with Crippen LogP contribution in [0, 0.1) is 13.8 Å². The van der Waals surface area contributed by atoms with Gasteiger partial charge in [-0.3, -0.25) is 4.79 Å². The van der Waals surface area contributed by atoms with Crippen molar-refractivity contribution < 1.29 is 4.79 Å². The molecule has 2 heterocycles. The summed E-state index contributed by atoms with van der Waals surface area (Å²) in [6.45, 7) is 6.13. The fourth-order valence-corrected chi connectivity index (χ4v) is 3.99. The monoisotopic (exact) mass is 430 g/mol. The Labute approximate surface area is 189 Å². The standard InChI is InChI=1S/C25H30N6O/c1-19-11-7-8-14-23(19)26-18-24(32)28-27-17-22-20(2)29-31(21-12-5-3-6-13-21)25(22)30-15-9-4-10-16-30/h3,5-8,11-14,17,26H,4,9-10,15-16,18H2,1-2H3,(H,28,32). The number of hydrogen-bond acceptors (Lipinski definition) is 5. The molecule has 0 unspecified atom stereocenters. The highest BCUT2D eigenvalue weighted by molar-refractivity contribution is 5.90. The van der Waals surface area contributed by atoms with Crippen molar-refractivity contribution in [3.8, 4) is 5.69 Å². The van der Waals surface area contributed by atoms with E-state index in [4.69, 9.17) is 5.10 Å². The van der Waals surface area contributed by atoms with Gasteiger partial charge in [-0.05, 0) is 56.9 Å². The maximum Gasteiger partial charge on any atom is 0.259 e. The van der Waals surface area contributed by atoms with Crippen molar-refractivity contribution in [1.82, 2.24) is 15.2 Å². The Morgan fingerprint density at radius 1 is 1.03 bits per heavy atom. The summed E-state index contributed by atoms with van der Waals surface area (Å²) in [7, 11) is 0. The SMILES string of the molecule is Cc1ccccc1NCC(=O)NN=Cc1c(C)nn(-c2ccccc2)c1N1CCCCC1. The van der Waals surface area contributed by atoms with Crippen LogP contribution in [0.15, 0.2) is 59.7 Å². The highest BCUT2D eigenvalue weighted by Gasteiger charge is 2.22. The first kappa shape index (κ1) is 21.6. The van der Waals surface area contributed by atoms with E-state index in [9.17, 15) is 4.79 Å². The number of aromatic nitrogens is 2. The van der Waals surface area contributed by atoms with Crippen LogP contribution < -0.4 is 15.6 Å². The minimum atomic E-state index is -0.197. The highest BCUT2D eigenvalue weighted by Crippen LogP contribution is 2.28. The molecule has 2 aromatic carbocycles. The van der Waals surface area contributed by atoms with Crippen LogP contribution in [0.4, 0.5) is 11.5 Å². The number of aryl methyl sites for hydroxylation is 2. The maximum atomic E-state index is 12.3. The van der Waals surface area contributed by atoms with Crippen molar-refractivity contribution in [2.45, 2.75) is 33.1 Å². The second-order valence-corrected chi connectivity index (χ2v) is 8.08. The van der Waals surface area contributed by atoms with Crippen molar-refractivity contribution in [3.05, 3.63) is 71.4 Å². The van der Waals surface area contributed by atoms with Gasteiger partial charge in [-0.2, -0.15) is 10.2 Å². The van der Waals surface area contributed by atoms with Crippen LogP contribution in [0.5, 0.6) is 0 Å². The third kappa shape index (κ3) is 4.99. The number of hydrazone groups is 1. The number of amides is 1. The molecule has 0 saturated carbocycles.